The Balaban J connectivity index is 1.77. The van der Waals surface area contributed by atoms with Crippen LogP contribution in [-0.4, -0.2) is 10.9 Å². The monoisotopic (exact) mass is 322 g/mol. The van der Waals surface area contributed by atoms with E-state index in [-0.39, 0.29) is 5.91 Å². The molecule has 2 heterocycles. The lowest BCUT2D eigenvalue weighted by atomic mass is 10.0. The van der Waals surface area contributed by atoms with E-state index in [0.717, 1.165) is 16.9 Å². The summed E-state index contributed by atoms with van der Waals surface area (Å²) in [5.74, 6) is 0.356. The van der Waals surface area contributed by atoms with Crippen LogP contribution in [-0.2, 0) is 0 Å². The maximum Gasteiger partial charge on any atom is 0.255 e. The van der Waals surface area contributed by atoms with Gasteiger partial charge in [-0.25, -0.2) is 0 Å². The van der Waals surface area contributed by atoms with E-state index in [0.29, 0.717) is 11.5 Å². The summed E-state index contributed by atoms with van der Waals surface area (Å²) in [5, 5.41) is 6.96. The third-order valence-electron chi connectivity index (χ3n) is 3.67. The second-order valence-corrected chi connectivity index (χ2v) is 6.45. The molecule has 2 aromatic heterocycles. The van der Waals surface area contributed by atoms with Crippen molar-refractivity contribution in [2.45, 2.75) is 19.8 Å². The highest BCUT2D eigenvalue weighted by Crippen LogP contribution is 2.21. The highest BCUT2D eigenvalue weighted by Gasteiger charge is 2.09. The largest absolute Gasteiger partial charge is 0.322 e. The zero-order chi connectivity index (χ0) is 16.2. The van der Waals surface area contributed by atoms with Crippen LogP contribution in [0.4, 0.5) is 5.69 Å². The van der Waals surface area contributed by atoms with Crippen molar-refractivity contribution in [3.63, 3.8) is 0 Å². The number of amides is 1. The number of benzene rings is 1. The number of anilines is 1. The van der Waals surface area contributed by atoms with Gasteiger partial charge in [0.2, 0.25) is 0 Å². The normalized spacial score (nSPS) is 10.7. The molecule has 0 spiro atoms. The van der Waals surface area contributed by atoms with Crippen LogP contribution in [0.5, 0.6) is 0 Å². The van der Waals surface area contributed by atoms with Crippen LogP contribution in [0, 0.1) is 0 Å². The van der Waals surface area contributed by atoms with E-state index < -0.39 is 0 Å². The lowest BCUT2D eigenvalue weighted by molar-refractivity contribution is 0.102. The Morgan fingerprint density at radius 1 is 1.13 bits per heavy atom. The van der Waals surface area contributed by atoms with Crippen LogP contribution in [0.15, 0.2) is 59.4 Å². The van der Waals surface area contributed by atoms with Crippen molar-refractivity contribution in [2.24, 2.45) is 0 Å². The fourth-order valence-corrected chi connectivity index (χ4v) is 2.94. The summed E-state index contributed by atoms with van der Waals surface area (Å²) in [6.45, 7) is 4.30. The standard InChI is InChI=1S/C19H18N2OS/c1-13(2)14-3-5-17(6-4-14)21-19(22)15-7-9-20-18(11-15)16-8-10-23-12-16/h3-13H,1-2H3,(H,21,22). The van der Waals surface area contributed by atoms with E-state index >= 15 is 0 Å². The topological polar surface area (TPSA) is 42.0 Å². The first-order chi connectivity index (χ1) is 11.1. The molecule has 1 N–H and O–H groups in total. The molecule has 3 nitrogen and oxygen atoms in total. The van der Waals surface area contributed by atoms with E-state index in [9.17, 15) is 4.79 Å². The van der Waals surface area contributed by atoms with Gasteiger partial charge in [-0.05, 0) is 47.2 Å². The first-order valence-corrected chi connectivity index (χ1v) is 8.47. The van der Waals surface area contributed by atoms with Crippen LogP contribution in [0.1, 0.15) is 35.7 Å². The van der Waals surface area contributed by atoms with Crippen LogP contribution >= 0.6 is 11.3 Å². The predicted molar refractivity (Wildman–Crippen MR) is 96.0 cm³/mol. The molecule has 0 aliphatic rings. The Morgan fingerprint density at radius 3 is 2.57 bits per heavy atom. The minimum Gasteiger partial charge on any atom is -0.322 e. The molecule has 1 aromatic carbocycles. The molecular weight excluding hydrogens is 304 g/mol. The van der Waals surface area contributed by atoms with Crippen LogP contribution in [0.25, 0.3) is 11.3 Å². The third kappa shape index (κ3) is 3.66. The summed E-state index contributed by atoms with van der Waals surface area (Å²) in [6, 6.07) is 13.5. The number of rotatable bonds is 4. The smallest absolute Gasteiger partial charge is 0.255 e. The van der Waals surface area contributed by atoms with E-state index in [1.165, 1.54) is 5.56 Å². The van der Waals surface area contributed by atoms with Gasteiger partial charge in [-0.15, -0.1) is 0 Å². The van der Waals surface area contributed by atoms with Gasteiger partial charge in [-0.3, -0.25) is 9.78 Å². The van der Waals surface area contributed by atoms with Gasteiger partial charge in [-0.1, -0.05) is 26.0 Å². The van der Waals surface area contributed by atoms with Crippen LogP contribution in [0.3, 0.4) is 0 Å². The SMILES string of the molecule is CC(C)c1ccc(NC(=O)c2ccnc(-c3ccsc3)c2)cc1. The zero-order valence-corrected chi connectivity index (χ0v) is 13.9. The lowest BCUT2D eigenvalue weighted by Crippen LogP contribution is -2.12. The average molecular weight is 322 g/mol. The number of hydrogen-bond acceptors (Lipinski definition) is 3. The summed E-state index contributed by atoms with van der Waals surface area (Å²) in [4.78, 5) is 16.7. The maximum absolute atomic E-state index is 12.4. The number of aromatic nitrogens is 1. The van der Waals surface area contributed by atoms with Gasteiger partial charge < -0.3 is 5.32 Å². The molecule has 0 aliphatic heterocycles. The number of hydrogen-bond donors (Lipinski definition) is 1. The number of carbonyl (C=O) groups excluding carboxylic acids is 1. The predicted octanol–water partition coefficient (Wildman–Crippen LogP) is 5.19. The highest BCUT2D eigenvalue weighted by atomic mass is 32.1. The highest BCUT2D eigenvalue weighted by molar-refractivity contribution is 7.08. The molecular formula is C19H18N2OS. The molecule has 0 bridgehead atoms. The zero-order valence-electron chi connectivity index (χ0n) is 13.1. The first kappa shape index (κ1) is 15.4. The second kappa shape index (κ2) is 6.75. The maximum atomic E-state index is 12.4. The van der Waals surface area contributed by atoms with E-state index in [2.05, 4.69) is 24.1 Å². The van der Waals surface area contributed by atoms with Crippen LogP contribution in [0.2, 0.25) is 0 Å². The second-order valence-electron chi connectivity index (χ2n) is 5.67. The molecule has 3 aromatic rings. The third-order valence-corrected chi connectivity index (χ3v) is 4.36. The number of thiophene rings is 1. The summed E-state index contributed by atoms with van der Waals surface area (Å²) < 4.78 is 0. The van der Waals surface area contributed by atoms with Crippen molar-refractivity contribution >= 4 is 22.9 Å². The average Bonchev–Trinajstić information content (AvgIpc) is 3.10. The molecule has 4 heteroatoms. The molecule has 3 rings (SSSR count). The summed E-state index contributed by atoms with van der Waals surface area (Å²) in [5.41, 5.74) is 4.51. The van der Waals surface area contributed by atoms with Crippen LogP contribution < -0.4 is 5.32 Å². The summed E-state index contributed by atoms with van der Waals surface area (Å²) >= 11 is 1.61. The van der Waals surface area contributed by atoms with Gasteiger partial charge in [0.15, 0.2) is 0 Å². The number of nitrogens with zero attached hydrogens (tertiary/aromatic N) is 1. The minimum atomic E-state index is -0.124. The van der Waals surface area contributed by atoms with Crippen molar-refractivity contribution in [3.05, 3.63) is 70.5 Å². The molecule has 116 valence electrons. The fraction of sp³-hybridized carbons (Fsp3) is 0.158. The quantitative estimate of drug-likeness (QED) is 0.718. The van der Waals surface area contributed by atoms with Gasteiger partial charge in [-0.2, -0.15) is 11.3 Å². The molecule has 0 saturated carbocycles. The Hall–Kier alpha value is -2.46. The molecule has 0 atom stereocenters. The van der Waals surface area contributed by atoms with E-state index in [4.69, 9.17) is 0 Å². The molecule has 0 fully saturated rings. The number of carbonyl (C=O) groups is 1. The Bertz CT molecular complexity index is 793. The van der Waals surface area contributed by atoms with E-state index in [1.807, 2.05) is 47.2 Å². The molecule has 0 aliphatic carbocycles. The van der Waals surface area contributed by atoms with E-state index in [1.54, 1.807) is 23.6 Å². The minimum absolute atomic E-state index is 0.124. The summed E-state index contributed by atoms with van der Waals surface area (Å²) in [6.07, 6.45) is 1.67. The van der Waals surface area contributed by atoms with Crippen molar-refractivity contribution in [1.29, 1.82) is 0 Å². The number of pyridine rings is 1. The molecule has 0 unspecified atom stereocenters. The molecule has 0 radical (unpaired) electrons. The Kier molecular flexibility index (Phi) is 4.53. The fourth-order valence-electron chi connectivity index (χ4n) is 2.29. The molecule has 0 saturated heterocycles. The van der Waals surface area contributed by atoms with Gasteiger partial charge in [0.05, 0.1) is 5.69 Å². The molecule has 1 amide bonds. The van der Waals surface area contributed by atoms with Crippen molar-refractivity contribution < 1.29 is 4.79 Å². The van der Waals surface area contributed by atoms with Crippen molar-refractivity contribution in [3.8, 4) is 11.3 Å². The summed E-state index contributed by atoms with van der Waals surface area (Å²) in [7, 11) is 0. The van der Waals surface area contributed by atoms with Crippen molar-refractivity contribution in [1.82, 2.24) is 4.98 Å². The Labute approximate surface area is 140 Å². The number of nitrogens with one attached hydrogen (secondary N) is 1. The van der Waals surface area contributed by atoms with Gasteiger partial charge in [0.1, 0.15) is 0 Å². The van der Waals surface area contributed by atoms with Gasteiger partial charge >= 0.3 is 0 Å². The van der Waals surface area contributed by atoms with Gasteiger partial charge in [0.25, 0.3) is 5.91 Å². The first-order valence-electron chi connectivity index (χ1n) is 7.53. The molecule has 23 heavy (non-hydrogen) atoms. The van der Waals surface area contributed by atoms with Crippen molar-refractivity contribution in [2.75, 3.05) is 5.32 Å². The lowest BCUT2D eigenvalue weighted by Gasteiger charge is -2.09. The Morgan fingerprint density at radius 2 is 1.91 bits per heavy atom. The van der Waals surface area contributed by atoms with Gasteiger partial charge in [0, 0.05) is 28.4 Å².